The lowest BCUT2D eigenvalue weighted by atomic mass is 9.91. The smallest absolute Gasteiger partial charge is 0.362 e. The average Bonchev–Trinajstić information content (AvgIpc) is 2.78. The number of carbonyl (C=O) groups is 3. The summed E-state index contributed by atoms with van der Waals surface area (Å²) in [6.45, 7) is 9.50. The van der Waals surface area contributed by atoms with Gasteiger partial charge in [-0.25, -0.2) is 9.59 Å². The summed E-state index contributed by atoms with van der Waals surface area (Å²) in [5.74, 6) is -3.58. The van der Waals surface area contributed by atoms with Crippen molar-refractivity contribution in [1.29, 1.82) is 0 Å². The Bertz CT molecular complexity index is 546. The Morgan fingerprint density at radius 2 is 1.12 bits per heavy atom. The third-order valence-corrected chi connectivity index (χ3v) is 6.97. The lowest BCUT2D eigenvalue weighted by molar-refractivity contribution is -0.975. The van der Waals surface area contributed by atoms with Gasteiger partial charge in [0.2, 0.25) is 0 Å². The SMILES string of the molecule is C=CCCCCCCCCCC[N+](C(CCC)C(=O)[O-])(C(CCC)C(=O)O)C(CCC)C(=O)O. The van der Waals surface area contributed by atoms with Crippen molar-refractivity contribution >= 4 is 17.9 Å². The van der Waals surface area contributed by atoms with Crippen molar-refractivity contribution in [3.05, 3.63) is 12.7 Å². The summed E-state index contributed by atoms with van der Waals surface area (Å²) >= 11 is 0. The third kappa shape index (κ3) is 10.2. The molecule has 198 valence electrons. The van der Waals surface area contributed by atoms with Crippen LogP contribution in [-0.4, -0.2) is 57.3 Å². The second-order valence-electron chi connectivity index (χ2n) is 9.53. The van der Waals surface area contributed by atoms with Gasteiger partial charge in [0.1, 0.15) is 6.04 Å². The van der Waals surface area contributed by atoms with E-state index >= 15 is 0 Å². The molecule has 0 rings (SSSR count). The molecule has 0 aliphatic rings. The van der Waals surface area contributed by atoms with Crippen LogP contribution in [0, 0.1) is 0 Å². The van der Waals surface area contributed by atoms with Crippen molar-refractivity contribution in [3.8, 4) is 0 Å². The second kappa shape index (κ2) is 18.4. The van der Waals surface area contributed by atoms with Gasteiger partial charge < -0.3 is 20.1 Å². The lowest BCUT2D eigenvalue weighted by Gasteiger charge is -2.52. The van der Waals surface area contributed by atoms with Crippen LogP contribution >= 0.6 is 0 Å². The van der Waals surface area contributed by atoms with Crippen LogP contribution in [0.5, 0.6) is 0 Å². The van der Waals surface area contributed by atoms with Crippen LogP contribution in [0.3, 0.4) is 0 Å². The maximum atomic E-state index is 12.5. The molecule has 7 nitrogen and oxygen atoms in total. The molecule has 0 aromatic carbocycles. The summed E-state index contributed by atoms with van der Waals surface area (Å²) in [5.41, 5.74) is 0. The number of hydrogen-bond acceptors (Lipinski definition) is 4. The molecule has 0 aromatic rings. The van der Waals surface area contributed by atoms with Crippen LogP contribution < -0.4 is 5.11 Å². The summed E-state index contributed by atoms with van der Waals surface area (Å²) in [5, 5.41) is 32.7. The Labute approximate surface area is 206 Å². The highest BCUT2D eigenvalue weighted by molar-refractivity contribution is 5.77. The molecule has 0 amide bonds. The maximum absolute atomic E-state index is 12.5. The monoisotopic (exact) mass is 483 g/mol. The predicted octanol–water partition coefficient (Wildman–Crippen LogP) is 4.93. The van der Waals surface area contributed by atoms with E-state index in [1.165, 1.54) is 12.8 Å². The van der Waals surface area contributed by atoms with E-state index in [0.29, 0.717) is 25.7 Å². The molecule has 3 unspecified atom stereocenters. The highest BCUT2D eigenvalue weighted by Crippen LogP contribution is 2.34. The molecule has 34 heavy (non-hydrogen) atoms. The fourth-order valence-corrected chi connectivity index (χ4v) is 5.37. The van der Waals surface area contributed by atoms with Crippen molar-refractivity contribution in [2.45, 2.75) is 135 Å². The molecule has 2 N–H and O–H groups in total. The zero-order chi connectivity index (χ0) is 26.0. The molecule has 0 aliphatic heterocycles. The molecule has 0 radical (unpaired) electrons. The number of aliphatic carboxylic acids is 3. The van der Waals surface area contributed by atoms with E-state index < -0.39 is 40.5 Å². The zero-order valence-electron chi connectivity index (χ0n) is 21.8. The van der Waals surface area contributed by atoms with Gasteiger partial charge in [-0.15, -0.1) is 6.58 Å². The van der Waals surface area contributed by atoms with Crippen molar-refractivity contribution in [2.24, 2.45) is 0 Å². The molecule has 7 heteroatoms. The second-order valence-corrected chi connectivity index (χ2v) is 9.53. The number of unbranched alkanes of at least 4 members (excludes halogenated alkanes) is 8. The standard InChI is InChI=1S/C27H49NO6/c1-5-9-10-11-12-13-14-15-16-17-21-28(22(18-6-2)25(29)30,23(19-7-3)26(31)32)24(20-8-4)27(33)34/h5,22-24H,1,6-21H2,2-4H3,(H2-,29,30,31,32,33,34). The topological polar surface area (TPSA) is 115 Å². The van der Waals surface area contributed by atoms with Crippen LogP contribution in [0.1, 0.15) is 117 Å². The summed E-state index contributed by atoms with van der Waals surface area (Å²) in [6.07, 6.45) is 13.4. The Kier molecular flexibility index (Phi) is 17.4. The average molecular weight is 484 g/mol. The Morgan fingerprint density at radius 3 is 1.47 bits per heavy atom. The van der Waals surface area contributed by atoms with E-state index in [1.807, 2.05) is 26.8 Å². The van der Waals surface area contributed by atoms with Gasteiger partial charge in [0.25, 0.3) is 0 Å². The number of carboxylic acids is 3. The highest BCUT2D eigenvalue weighted by atomic mass is 16.4. The number of rotatable bonds is 23. The summed E-state index contributed by atoms with van der Waals surface area (Å²) < 4.78 is -0.440. The van der Waals surface area contributed by atoms with Crippen LogP contribution in [0.15, 0.2) is 12.7 Å². The van der Waals surface area contributed by atoms with Gasteiger partial charge in [-0.2, -0.15) is 0 Å². The van der Waals surface area contributed by atoms with Crippen molar-refractivity contribution in [2.75, 3.05) is 6.54 Å². The van der Waals surface area contributed by atoms with Crippen molar-refractivity contribution in [1.82, 2.24) is 0 Å². The molecule has 0 saturated heterocycles. The summed E-state index contributed by atoms with van der Waals surface area (Å²) in [6, 6.07) is -3.33. The summed E-state index contributed by atoms with van der Waals surface area (Å²) in [7, 11) is 0. The molecule has 0 bridgehead atoms. The zero-order valence-corrected chi connectivity index (χ0v) is 21.8. The van der Waals surface area contributed by atoms with Crippen LogP contribution in [-0.2, 0) is 14.4 Å². The van der Waals surface area contributed by atoms with E-state index in [2.05, 4.69) is 6.58 Å². The Hall–Kier alpha value is -1.89. The van der Waals surface area contributed by atoms with Crippen molar-refractivity contribution in [3.63, 3.8) is 0 Å². The fraction of sp³-hybridized carbons (Fsp3) is 0.815. The molecule has 0 spiro atoms. The minimum absolute atomic E-state index is 0.202. The Balaban J connectivity index is 5.81. The third-order valence-electron chi connectivity index (χ3n) is 6.97. The van der Waals surface area contributed by atoms with E-state index in [4.69, 9.17) is 0 Å². The van der Waals surface area contributed by atoms with E-state index in [1.54, 1.807) is 0 Å². The molecule has 0 fully saturated rings. The van der Waals surface area contributed by atoms with Gasteiger partial charge >= 0.3 is 11.9 Å². The molecule has 0 aliphatic carbocycles. The van der Waals surface area contributed by atoms with Gasteiger partial charge in [-0.1, -0.05) is 65.4 Å². The summed E-state index contributed by atoms with van der Waals surface area (Å²) in [4.78, 5) is 37.3. The van der Waals surface area contributed by atoms with Gasteiger partial charge in [0, 0.05) is 19.3 Å². The van der Waals surface area contributed by atoms with Crippen molar-refractivity contribution < 1.29 is 34.2 Å². The molecule has 0 saturated carbocycles. The first-order chi connectivity index (χ1) is 16.2. The largest absolute Gasteiger partial charge is 0.544 e. The number of hydrogen-bond donors (Lipinski definition) is 2. The predicted molar refractivity (Wildman–Crippen MR) is 133 cm³/mol. The van der Waals surface area contributed by atoms with Gasteiger partial charge in [0.15, 0.2) is 12.1 Å². The van der Waals surface area contributed by atoms with E-state index in [0.717, 1.165) is 38.5 Å². The molecular weight excluding hydrogens is 434 g/mol. The normalized spacial score (nSPS) is 15.7. The number of quaternary nitrogens is 1. The molecule has 0 heterocycles. The number of carboxylic acid groups (broad SMARTS) is 3. The van der Waals surface area contributed by atoms with E-state index in [9.17, 15) is 29.7 Å². The minimum Gasteiger partial charge on any atom is -0.544 e. The van der Waals surface area contributed by atoms with Crippen LogP contribution in [0.2, 0.25) is 0 Å². The van der Waals surface area contributed by atoms with Crippen LogP contribution in [0.4, 0.5) is 0 Å². The quantitative estimate of drug-likeness (QED) is 0.121. The molecular formula is C27H49NO6. The van der Waals surface area contributed by atoms with E-state index in [-0.39, 0.29) is 25.8 Å². The minimum atomic E-state index is -1.34. The fourth-order valence-electron chi connectivity index (χ4n) is 5.37. The molecule has 0 aromatic heterocycles. The van der Waals surface area contributed by atoms with Gasteiger partial charge in [-0.05, 0) is 38.5 Å². The first kappa shape index (κ1) is 32.1. The van der Waals surface area contributed by atoms with Gasteiger partial charge in [-0.3, -0.25) is 4.48 Å². The first-order valence-electron chi connectivity index (χ1n) is 13.4. The first-order valence-corrected chi connectivity index (χ1v) is 13.4. The number of carbonyl (C=O) groups excluding carboxylic acids is 1. The number of allylic oxidation sites excluding steroid dienone is 1. The lowest BCUT2D eigenvalue weighted by Crippen LogP contribution is -2.74. The van der Waals surface area contributed by atoms with Gasteiger partial charge in [0.05, 0.1) is 12.5 Å². The van der Waals surface area contributed by atoms with Crippen LogP contribution in [0.25, 0.3) is 0 Å². The highest BCUT2D eigenvalue weighted by Gasteiger charge is 2.54. The Morgan fingerprint density at radius 1 is 0.735 bits per heavy atom. The maximum Gasteiger partial charge on any atom is 0.362 e. The number of nitrogens with zero attached hydrogens (tertiary/aromatic N) is 1. The molecule has 3 atom stereocenters.